The number of hydrogen-bond acceptors (Lipinski definition) is 6. The molecule has 1 amide bonds. The fraction of sp³-hybridized carbons (Fsp3) is 0.476. The van der Waals surface area contributed by atoms with Crippen molar-refractivity contribution in [1.29, 1.82) is 0 Å². The van der Waals surface area contributed by atoms with Gasteiger partial charge in [-0.3, -0.25) is 4.79 Å². The maximum atomic E-state index is 12.8. The van der Waals surface area contributed by atoms with E-state index in [-0.39, 0.29) is 24.5 Å². The normalized spacial score (nSPS) is 17.7. The van der Waals surface area contributed by atoms with Gasteiger partial charge in [0.05, 0.1) is 19.1 Å². The van der Waals surface area contributed by atoms with Gasteiger partial charge in [0.2, 0.25) is 5.91 Å². The molecule has 9 heteroatoms. The molecule has 30 heavy (non-hydrogen) atoms. The Kier molecular flexibility index (Phi) is 7.38. The highest BCUT2D eigenvalue weighted by Gasteiger charge is 2.33. The number of amides is 1. The molecule has 0 saturated carbocycles. The van der Waals surface area contributed by atoms with Crippen molar-refractivity contribution in [2.24, 2.45) is 5.92 Å². The van der Waals surface area contributed by atoms with Crippen LogP contribution in [-0.2, 0) is 21.4 Å². The van der Waals surface area contributed by atoms with E-state index in [1.165, 1.54) is 15.6 Å². The van der Waals surface area contributed by atoms with Crippen LogP contribution in [0.3, 0.4) is 0 Å². The van der Waals surface area contributed by atoms with Crippen LogP contribution in [0.25, 0.3) is 0 Å². The Morgan fingerprint density at radius 3 is 2.77 bits per heavy atom. The number of benzene rings is 1. The lowest BCUT2D eigenvalue weighted by Crippen LogP contribution is -2.45. The van der Waals surface area contributed by atoms with Crippen LogP contribution in [0.2, 0.25) is 0 Å². The van der Waals surface area contributed by atoms with Gasteiger partial charge in [-0.15, -0.1) is 11.3 Å². The maximum Gasteiger partial charge on any atom is 0.252 e. The zero-order valence-electron chi connectivity index (χ0n) is 17.5. The lowest BCUT2D eigenvalue weighted by molar-refractivity contribution is -0.126. The molecule has 1 N–H and O–H groups in total. The highest BCUT2D eigenvalue weighted by molar-refractivity contribution is 7.91. The molecule has 1 aromatic heterocycles. The molecule has 0 radical (unpaired) electrons. The van der Waals surface area contributed by atoms with Crippen LogP contribution in [0, 0.1) is 5.92 Å². The van der Waals surface area contributed by atoms with Gasteiger partial charge in [-0.25, -0.2) is 8.42 Å². The van der Waals surface area contributed by atoms with Gasteiger partial charge in [-0.1, -0.05) is 12.1 Å². The van der Waals surface area contributed by atoms with Crippen LogP contribution in [0.1, 0.15) is 32.3 Å². The van der Waals surface area contributed by atoms with Gasteiger partial charge in [0.1, 0.15) is 4.21 Å². The third kappa shape index (κ3) is 5.33. The Morgan fingerprint density at radius 2 is 2.10 bits per heavy atom. The second-order valence-corrected chi connectivity index (χ2v) is 10.6. The van der Waals surface area contributed by atoms with E-state index >= 15 is 0 Å². The summed E-state index contributed by atoms with van der Waals surface area (Å²) in [6.45, 7) is 4.87. The summed E-state index contributed by atoms with van der Waals surface area (Å²) in [6, 6.07) is 8.87. The number of methoxy groups -OCH3 is 1. The molecular weight excluding hydrogens is 424 g/mol. The number of carbonyl (C=O) groups excluding carboxylic acids is 1. The Labute approximate surface area is 182 Å². The van der Waals surface area contributed by atoms with Crippen molar-refractivity contribution in [3.63, 3.8) is 0 Å². The second kappa shape index (κ2) is 9.80. The van der Waals surface area contributed by atoms with Gasteiger partial charge < -0.3 is 14.8 Å². The van der Waals surface area contributed by atoms with Crippen molar-refractivity contribution in [2.45, 2.75) is 43.5 Å². The van der Waals surface area contributed by atoms with Crippen LogP contribution < -0.4 is 14.8 Å². The fourth-order valence-electron chi connectivity index (χ4n) is 3.42. The molecular formula is C21H28N2O5S2. The Morgan fingerprint density at radius 1 is 1.30 bits per heavy atom. The lowest BCUT2D eigenvalue weighted by Gasteiger charge is -2.30. The first-order chi connectivity index (χ1) is 14.3. The van der Waals surface area contributed by atoms with E-state index in [1.807, 2.05) is 32.0 Å². The number of carbonyl (C=O) groups is 1. The van der Waals surface area contributed by atoms with Crippen LogP contribution in [-0.4, -0.2) is 44.9 Å². The third-order valence-corrected chi connectivity index (χ3v) is 8.14. The summed E-state index contributed by atoms with van der Waals surface area (Å²) >= 11 is 1.20. The molecule has 2 heterocycles. The Balaban J connectivity index is 1.61. The molecule has 0 spiro atoms. The van der Waals surface area contributed by atoms with Crippen LogP contribution in [0.15, 0.2) is 39.9 Å². The number of piperidine rings is 1. The summed E-state index contributed by atoms with van der Waals surface area (Å²) in [5.74, 6) is 0.770. The summed E-state index contributed by atoms with van der Waals surface area (Å²) in [7, 11) is -1.96. The molecule has 164 valence electrons. The number of sulfonamides is 1. The maximum absolute atomic E-state index is 12.8. The van der Waals surface area contributed by atoms with Crippen molar-refractivity contribution >= 4 is 27.3 Å². The van der Waals surface area contributed by atoms with Gasteiger partial charge in [0.15, 0.2) is 11.5 Å². The number of nitrogens with zero attached hydrogens (tertiary/aromatic N) is 1. The van der Waals surface area contributed by atoms with Crippen LogP contribution >= 0.6 is 11.3 Å². The monoisotopic (exact) mass is 452 g/mol. The number of ether oxygens (including phenoxy) is 2. The molecule has 1 aliphatic heterocycles. The lowest BCUT2D eigenvalue weighted by atomic mass is 9.98. The zero-order chi connectivity index (χ0) is 21.7. The molecule has 7 nitrogen and oxygen atoms in total. The first kappa shape index (κ1) is 22.6. The number of hydrogen-bond donors (Lipinski definition) is 1. The predicted molar refractivity (Wildman–Crippen MR) is 116 cm³/mol. The molecule has 3 rings (SSSR count). The van der Waals surface area contributed by atoms with E-state index in [4.69, 9.17) is 9.47 Å². The molecule has 1 atom stereocenters. The summed E-state index contributed by atoms with van der Waals surface area (Å²) in [5.41, 5.74) is 0.884. The van der Waals surface area contributed by atoms with Crippen LogP contribution in [0.4, 0.5) is 0 Å². The van der Waals surface area contributed by atoms with Crippen molar-refractivity contribution in [3.05, 3.63) is 41.3 Å². The number of rotatable bonds is 8. The molecule has 2 aromatic rings. The molecule has 1 fully saturated rings. The topological polar surface area (TPSA) is 84.9 Å². The molecule has 0 aliphatic carbocycles. The number of thiophene rings is 1. The molecule has 0 bridgehead atoms. The molecule has 1 aliphatic rings. The number of nitrogens with one attached hydrogen (secondary N) is 1. The van der Waals surface area contributed by atoms with Gasteiger partial charge in [0.25, 0.3) is 10.0 Å². The van der Waals surface area contributed by atoms with Crippen molar-refractivity contribution in [2.75, 3.05) is 20.2 Å². The minimum absolute atomic E-state index is 0.0316. The Hall–Kier alpha value is -2.10. The standard InChI is InChI=1S/C21H28N2O5S2/c1-15(2)28-18-9-8-16(12-19(18)27-3)13-22-21(24)17-6-4-10-23(14-17)30(25,26)20-7-5-11-29-20/h5,7-9,11-12,15,17H,4,6,10,13-14H2,1-3H3,(H,22,24)/t17-/m0/s1. The summed E-state index contributed by atoms with van der Waals surface area (Å²) < 4.78 is 38.3. The van der Waals surface area contributed by atoms with Crippen molar-refractivity contribution < 1.29 is 22.7 Å². The molecule has 0 unspecified atom stereocenters. The minimum Gasteiger partial charge on any atom is -0.493 e. The predicted octanol–water partition coefficient (Wildman–Crippen LogP) is 3.26. The van der Waals surface area contributed by atoms with E-state index in [0.717, 1.165) is 5.56 Å². The largest absolute Gasteiger partial charge is 0.493 e. The Bertz CT molecular complexity index is 958. The first-order valence-electron chi connectivity index (χ1n) is 9.96. The quantitative estimate of drug-likeness (QED) is 0.665. The smallest absolute Gasteiger partial charge is 0.252 e. The average molecular weight is 453 g/mol. The van der Waals surface area contributed by atoms with Crippen LogP contribution in [0.5, 0.6) is 11.5 Å². The molecule has 1 saturated heterocycles. The van der Waals surface area contributed by atoms with E-state index < -0.39 is 10.0 Å². The third-order valence-electron chi connectivity index (χ3n) is 4.90. The second-order valence-electron chi connectivity index (χ2n) is 7.50. The summed E-state index contributed by atoms with van der Waals surface area (Å²) in [6.07, 6.45) is 1.37. The first-order valence-corrected chi connectivity index (χ1v) is 12.3. The van der Waals surface area contributed by atoms with E-state index in [9.17, 15) is 13.2 Å². The van der Waals surface area contributed by atoms with E-state index in [0.29, 0.717) is 41.6 Å². The van der Waals surface area contributed by atoms with E-state index in [2.05, 4.69) is 5.32 Å². The van der Waals surface area contributed by atoms with Gasteiger partial charge in [-0.2, -0.15) is 4.31 Å². The van der Waals surface area contributed by atoms with Crippen molar-refractivity contribution in [3.8, 4) is 11.5 Å². The zero-order valence-corrected chi connectivity index (χ0v) is 19.1. The van der Waals surface area contributed by atoms with Gasteiger partial charge in [0, 0.05) is 19.6 Å². The SMILES string of the molecule is COc1cc(CNC(=O)[C@H]2CCCN(S(=O)(=O)c3cccs3)C2)ccc1OC(C)C. The van der Waals surface area contributed by atoms with Crippen molar-refractivity contribution in [1.82, 2.24) is 9.62 Å². The molecule has 1 aromatic carbocycles. The highest BCUT2D eigenvalue weighted by Crippen LogP contribution is 2.29. The van der Waals surface area contributed by atoms with Gasteiger partial charge >= 0.3 is 0 Å². The summed E-state index contributed by atoms with van der Waals surface area (Å²) in [4.78, 5) is 12.7. The van der Waals surface area contributed by atoms with Gasteiger partial charge in [-0.05, 0) is 55.8 Å². The highest BCUT2D eigenvalue weighted by atomic mass is 32.2. The average Bonchev–Trinajstić information content (AvgIpc) is 3.28. The minimum atomic E-state index is -3.53. The van der Waals surface area contributed by atoms with E-state index in [1.54, 1.807) is 24.6 Å². The fourth-order valence-corrected chi connectivity index (χ4v) is 6.09. The summed E-state index contributed by atoms with van der Waals surface area (Å²) in [5, 5.41) is 4.68.